The normalized spacial score (nSPS) is 13.3. The molecule has 4 N–H and O–H groups in total. The number of morpholine rings is 1. The molecule has 0 atom stereocenters. The van der Waals surface area contributed by atoms with Crippen LogP contribution in [0.2, 0.25) is 0 Å². The van der Waals surface area contributed by atoms with Gasteiger partial charge in [0.2, 0.25) is 11.9 Å². The molecule has 45 heavy (non-hydrogen) atoms. The number of aryl methyl sites for hydroxylation is 1. The fourth-order valence-corrected chi connectivity index (χ4v) is 4.95. The highest BCUT2D eigenvalue weighted by Gasteiger charge is 2.21. The van der Waals surface area contributed by atoms with E-state index in [1.165, 1.54) is 6.20 Å². The quantitative estimate of drug-likeness (QED) is 0.181. The van der Waals surface area contributed by atoms with E-state index in [0.717, 1.165) is 31.6 Å². The molecule has 1 saturated heterocycles. The summed E-state index contributed by atoms with van der Waals surface area (Å²) in [5.74, 6) is -0.406. The molecule has 1 fully saturated rings. The zero-order chi connectivity index (χ0) is 31.4. The molecule has 2 aromatic carbocycles. The van der Waals surface area contributed by atoms with Crippen molar-refractivity contribution in [1.82, 2.24) is 24.8 Å². The van der Waals surface area contributed by atoms with Gasteiger partial charge in [0.05, 0.1) is 25.3 Å². The number of nitrogens with one attached hydrogen (secondary N) is 2. The molecule has 0 bridgehead atoms. The molecule has 0 radical (unpaired) electrons. The molecule has 5 rings (SSSR count). The first kappa shape index (κ1) is 31.4. The molecular weight excluding hydrogens is 578 g/mol. The third-order valence-corrected chi connectivity index (χ3v) is 7.23. The van der Waals surface area contributed by atoms with Gasteiger partial charge in [0.1, 0.15) is 23.6 Å². The third kappa shape index (κ3) is 8.77. The van der Waals surface area contributed by atoms with Crippen LogP contribution < -0.4 is 21.1 Å². The Morgan fingerprint density at radius 1 is 0.978 bits per heavy atom. The average Bonchev–Trinajstić information content (AvgIpc) is 3.42. The smallest absolute Gasteiger partial charge is 0.407 e. The standard InChI is InChI=1S/C32H37N7O6/c33-29(40)24-20-26-28(27(21-24)44-17-7-13-38-15-18-43-19-16-38)39(31(36-26)37-30(41)25-10-4-5-11-34-25)14-6-12-35-32(42)45-22-23-8-2-1-3-9-23/h1-5,8-11,20-21H,6-7,12-19,22H2,(H2,33,40)(H,35,42)(H,36,37,41). The van der Waals surface area contributed by atoms with E-state index in [1.54, 1.807) is 34.9 Å². The molecule has 0 spiro atoms. The fourth-order valence-electron chi connectivity index (χ4n) is 4.95. The van der Waals surface area contributed by atoms with Gasteiger partial charge >= 0.3 is 6.09 Å². The number of anilines is 1. The highest BCUT2D eigenvalue weighted by atomic mass is 16.5. The summed E-state index contributed by atoms with van der Waals surface area (Å²) in [6, 6.07) is 17.6. The van der Waals surface area contributed by atoms with Crippen LogP contribution in [0.4, 0.5) is 10.7 Å². The number of pyridine rings is 1. The Balaban J connectivity index is 1.32. The molecule has 0 aliphatic carbocycles. The van der Waals surface area contributed by atoms with E-state index < -0.39 is 17.9 Å². The number of aromatic nitrogens is 3. The van der Waals surface area contributed by atoms with Gasteiger partial charge in [-0.05, 0) is 42.7 Å². The second-order valence-corrected chi connectivity index (χ2v) is 10.5. The Morgan fingerprint density at radius 2 is 1.78 bits per heavy atom. The summed E-state index contributed by atoms with van der Waals surface area (Å²) in [4.78, 5) is 48.6. The van der Waals surface area contributed by atoms with Crippen molar-refractivity contribution in [3.05, 3.63) is 83.7 Å². The summed E-state index contributed by atoms with van der Waals surface area (Å²) < 4.78 is 18.8. The van der Waals surface area contributed by atoms with E-state index >= 15 is 0 Å². The van der Waals surface area contributed by atoms with Gasteiger partial charge in [-0.2, -0.15) is 0 Å². The number of fused-ring (bicyclic) bond motifs is 1. The number of primary amides is 1. The van der Waals surface area contributed by atoms with Gasteiger partial charge < -0.3 is 29.8 Å². The molecule has 13 heteroatoms. The molecule has 3 amide bonds. The number of alkyl carbamates (subject to hydrolysis) is 1. The summed E-state index contributed by atoms with van der Waals surface area (Å²) in [6.45, 7) is 5.24. The van der Waals surface area contributed by atoms with E-state index in [0.29, 0.717) is 56.1 Å². The highest BCUT2D eigenvalue weighted by molar-refractivity contribution is 6.04. The van der Waals surface area contributed by atoms with Crippen LogP contribution in [-0.4, -0.2) is 83.3 Å². The van der Waals surface area contributed by atoms with Crippen LogP contribution in [0.5, 0.6) is 5.75 Å². The minimum absolute atomic E-state index is 0.164. The van der Waals surface area contributed by atoms with Gasteiger partial charge in [-0.3, -0.25) is 24.8 Å². The predicted molar refractivity (Wildman–Crippen MR) is 167 cm³/mol. The first-order chi connectivity index (χ1) is 22.0. The number of hydrogen-bond acceptors (Lipinski definition) is 9. The first-order valence-corrected chi connectivity index (χ1v) is 14.9. The molecule has 0 unspecified atom stereocenters. The van der Waals surface area contributed by atoms with Gasteiger partial charge in [0, 0.05) is 44.5 Å². The maximum absolute atomic E-state index is 13.1. The van der Waals surface area contributed by atoms with Crippen LogP contribution >= 0.6 is 0 Å². The van der Waals surface area contributed by atoms with E-state index in [1.807, 2.05) is 30.3 Å². The van der Waals surface area contributed by atoms with Crippen LogP contribution in [-0.2, 0) is 22.6 Å². The van der Waals surface area contributed by atoms with Crippen molar-refractivity contribution in [2.75, 3.05) is 51.3 Å². The summed E-state index contributed by atoms with van der Waals surface area (Å²) in [6.07, 6.45) is 2.23. The second-order valence-electron chi connectivity index (χ2n) is 10.5. The van der Waals surface area contributed by atoms with Gasteiger partial charge in [0.15, 0.2) is 0 Å². The Bertz CT molecular complexity index is 1590. The molecule has 13 nitrogen and oxygen atoms in total. The summed E-state index contributed by atoms with van der Waals surface area (Å²) >= 11 is 0. The van der Waals surface area contributed by atoms with E-state index in [-0.39, 0.29) is 23.8 Å². The predicted octanol–water partition coefficient (Wildman–Crippen LogP) is 3.20. The molecule has 1 aliphatic heterocycles. The van der Waals surface area contributed by atoms with Crippen LogP contribution in [0.3, 0.4) is 0 Å². The molecule has 0 saturated carbocycles. The van der Waals surface area contributed by atoms with Gasteiger partial charge in [-0.15, -0.1) is 0 Å². The lowest BCUT2D eigenvalue weighted by Gasteiger charge is -2.26. The van der Waals surface area contributed by atoms with Gasteiger partial charge in [-0.25, -0.2) is 9.78 Å². The number of rotatable bonds is 14. The SMILES string of the molecule is NC(=O)c1cc(OCCCN2CCOCC2)c2c(c1)nc(NC(=O)c1ccccn1)n2CCCNC(=O)OCc1ccccc1. The van der Waals surface area contributed by atoms with Crippen LogP contribution in [0.15, 0.2) is 66.9 Å². The van der Waals surface area contributed by atoms with Crippen molar-refractivity contribution in [2.24, 2.45) is 5.73 Å². The number of benzene rings is 2. The summed E-state index contributed by atoms with van der Waals surface area (Å²) in [5, 5.41) is 5.60. The number of carbonyl (C=O) groups is 3. The molecule has 4 aromatic rings. The first-order valence-electron chi connectivity index (χ1n) is 14.9. The number of imidazole rings is 1. The number of hydrogen-bond donors (Lipinski definition) is 3. The minimum atomic E-state index is -0.623. The maximum atomic E-state index is 13.1. The zero-order valence-corrected chi connectivity index (χ0v) is 24.9. The Labute approximate surface area is 260 Å². The van der Waals surface area contributed by atoms with Crippen molar-refractivity contribution in [3.8, 4) is 5.75 Å². The van der Waals surface area contributed by atoms with Crippen LogP contribution in [0, 0.1) is 0 Å². The Kier molecular flexibility index (Phi) is 10.9. The van der Waals surface area contributed by atoms with E-state index in [4.69, 9.17) is 19.9 Å². The summed E-state index contributed by atoms with van der Waals surface area (Å²) in [5.41, 5.74) is 8.01. The topological polar surface area (TPSA) is 163 Å². The molecule has 3 heterocycles. The molecular formula is C32H37N7O6. The number of nitrogens with two attached hydrogens (primary N) is 1. The van der Waals surface area contributed by atoms with Crippen molar-refractivity contribution < 1.29 is 28.6 Å². The van der Waals surface area contributed by atoms with Crippen LogP contribution in [0.1, 0.15) is 39.3 Å². The van der Waals surface area contributed by atoms with Crippen molar-refractivity contribution >= 4 is 34.9 Å². The van der Waals surface area contributed by atoms with Crippen molar-refractivity contribution in [2.45, 2.75) is 26.0 Å². The average molecular weight is 616 g/mol. The van der Waals surface area contributed by atoms with Crippen LogP contribution in [0.25, 0.3) is 11.0 Å². The third-order valence-electron chi connectivity index (χ3n) is 7.23. The minimum Gasteiger partial charge on any atom is -0.491 e. The lowest BCUT2D eigenvalue weighted by Crippen LogP contribution is -2.37. The second kappa shape index (κ2) is 15.6. The van der Waals surface area contributed by atoms with Crippen molar-refractivity contribution in [1.29, 1.82) is 0 Å². The molecule has 2 aromatic heterocycles. The number of ether oxygens (including phenoxy) is 3. The number of carbonyl (C=O) groups excluding carboxylic acids is 3. The largest absolute Gasteiger partial charge is 0.491 e. The number of amides is 3. The molecule has 1 aliphatic rings. The lowest BCUT2D eigenvalue weighted by atomic mass is 10.1. The van der Waals surface area contributed by atoms with Gasteiger partial charge in [0.25, 0.3) is 5.91 Å². The summed E-state index contributed by atoms with van der Waals surface area (Å²) in [7, 11) is 0. The monoisotopic (exact) mass is 615 g/mol. The fraction of sp³-hybridized carbons (Fsp3) is 0.344. The molecule has 236 valence electrons. The van der Waals surface area contributed by atoms with E-state index in [2.05, 4.69) is 25.5 Å². The zero-order valence-electron chi connectivity index (χ0n) is 24.9. The lowest BCUT2D eigenvalue weighted by molar-refractivity contribution is 0.0358. The Hall–Kier alpha value is -5.01. The Morgan fingerprint density at radius 3 is 2.53 bits per heavy atom. The maximum Gasteiger partial charge on any atom is 0.407 e. The number of nitrogens with zero attached hydrogens (tertiary/aromatic N) is 4. The van der Waals surface area contributed by atoms with Crippen molar-refractivity contribution in [3.63, 3.8) is 0 Å². The van der Waals surface area contributed by atoms with Gasteiger partial charge in [-0.1, -0.05) is 36.4 Å². The highest BCUT2D eigenvalue weighted by Crippen LogP contribution is 2.31. The van der Waals surface area contributed by atoms with E-state index in [9.17, 15) is 14.4 Å².